The molecule has 4 heterocycles. The van der Waals surface area contributed by atoms with Gasteiger partial charge in [0.15, 0.2) is 10.8 Å². The Morgan fingerprint density at radius 2 is 2.41 bits per heavy atom. The average molecular weight is 317 g/mol. The van der Waals surface area contributed by atoms with Gasteiger partial charge >= 0.3 is 0 Å². The SMILES string of the molecule is Cc1noc([C@@H]2CCN(C(=O)Cc3cn4ccsc4n3)C2)n1. The van der Waals surface area contributed by atoms with E-state index in [1.165, 1.54) is 0 Å². The Hall–Kier alpha value is -2.22. The van der Waals surface area contributed by atoms with E-state index in [2.05, 4.69) is 15.1 Å². The second-order valence-corrected chi connectivity index (χ2v) is 6.38. The Labute approximate surface area is 130 Å². The van der Waals surface area contributed by atoms with E-state index < -0.39 is 0 Å². The molecule has 0 aromatic carbocycles. The van der Waals surface area contributed by atoms with Crippen LogP contribution in [-0.2, 0) is 11.2 Å². The summed E-state index contributed by atoms with van der Waals surface area (Å²) in [7, 11) is 0. The number of rotatable bonds is 3. The second kappa shape index (κ2) is 5.20. The van der Waals surface area contributed by atoms with Gasteiger partial charge in [0.2, 0.25) is 11.8 Å². The zero-order valence-corrected chi connectivity index (χ0v) is 12.9. The first-order chi connectivity index (χ1) is 10.7. The van der Waals surface area contributed by atoms with Gasteiger partial charge in [0.05, 0.1) is 18.0 Å². The van der Waals surface area contributed by atoms with Gasteiger partial charge in [0.25, 0.3) is 0 Å². The lowest BCUT2D eigenvalue weighted by atomic mass is 10.1. The summed E-state index contributed by atoms with van der Waals surface area (Å²) >= 11 is 1.57. The maximum absolute atomic E-state index is 12.4. The van der Waals surface area contributed by atoms with Crippen LogP contribution in [0.15, 0.2) is 22.3 Å². The van der Waals surface area contributed by atoms with Gasteiger partial charge in [-0.05, 0) is 13.3 Å². The molecular weight excluding hydrogens is 302 g/mol. The molecule has 0 unspecified atom stereocenters. The highest BCUT2D eigenvalue weighted by molar-refractivity contribution is 7.15. The zero-order chi connectivity index (χ0) is 15.1. The van der Waals surface area contributed by atoms with Gasteiger partial charge in [0, 0.05) is 30.9 Å². The van der Waals surface area contributed by atoms with E-state index in [0.29, 0.717) is 24.7 Å². The van der Waals surface area contributed by atoms with Gasteiger partial charge in [-0.2, -0.15) is 4.98 Å². The van der Waals surface area contributed by atoms with Crippen molar-refractivity contribution in [1.29, 1.82) is 0 Å². The van der Waals surface area contributed by atoms with Gasteiger partial charge in [-0.15, -0.1) is 11.3 Å². The third-order valence-corrected chi connectivity index (χ3v) is 4.68. The number of aryl methyl sites for hydroxylation is 1. The molecule has 8 heteroatoms. The van der Waals surface area contributed by atoms with Crippen LogP contribution < -0.4 is 0 Å². The number of amides is 1. The van der Waals surface area contributed by atoms with Crippen molar-refractivity contribution in [2.45, 2.75) is 25.7 Å². The molecule has 1 amide bonds. The summed E-state index contributed by atoms with van der Waals surface area (Å²) in [6, 6.07) is 0. The quantitative estimate of drug-likeness (QED) is 0.734. The van der Waals surface area contributed by atoms with Gasteiger partial charge in [-0.1, -0.05) is 5.16 Å². The van der Waals surface area contributed by atoms with Gasteiger partial charge < -0.3 is 9.42 Å². The summed E-state index contributed by atoms with van der Waals surface area (Å²) in [6.07, 6.45) is 5.07. The molecule has 0 N–H and O–H groups in total. The first-order valence-electron chi connectivity index (χ1n) is 7.18. The van der Waals surface area contributed by atoms with E-state index >= 15 is 0 Å². The molecule has 0 saturated carbocycles. The Balaban J connectivity index is 1.42. The molecule has 1 aliphatic heterocycles. The average Bonchev–Trinajstić information content (AvgIpc) is 3.19. The Kier molecular flexibility index (Phi) is 3.18. The van der Waals surface area contributed by atoms with Crippen molar-refractivity contribution in [2.24, 2.45) is 0 Å². The number of thiazole rings is 1. The van der Waals surface area contributed by atoms with E-state index in [9.17, 15) is 4.79 Å². The molecule has 22 heavy (non-hydrogen) atoms. The minimum absolute atomic E-state index is 0.101. The topological polar surface area (TPSA) is 76.5 Å². The summed E-state index contributed by atoms with van der Waals surface area (Å²) < 4.78 is 7.16. The molecule has 1 aliphatic rings. The molecule has 1 atom stereocenters. The number of aromatic nitrogens is 4. The Bertz CT molecular complexity index is 792. The molecule has 0 bridgehead atoms. The van der Waals surface area contributed by atoms with Crippen molar-refractivity contribution in [3.63, 3.8) is 0 Å². The number of fused-ring (bicyclic) bond motifs is 1. The molecule has 0 aliphatic carbocycles. The van der Waals surface area contributed by atoms with E-state index in [4.69, 9.17) is 4.52 Å². The molecule has 0 radical (unpaired) electrons. The third kappa shape index (κ3) is 2.39. The number of hydrogen-bond acceptors (Lipinski definition) is 6. The number of carbonyl (C=O) groups excluding carboxylic acids is 1. The smallest absolute Gasteiger partial charge is 0.231 e. The molecular formula is C14H15N5O2S. The molecule has 3 aromatic rings. The lowest BCUT2D eigenvalue weighted by Crippen LogP contribution is -2.30. The number of likely N-dealkylation sites (tertiary alicyclic amines) is 1. The summed E-state index contributed by atoms with van der Waals surface area (Å²) in [5.74, 6) is 1.52. The van der Waals surface area contributed by atoms with E-state index in [0.717, 1.165) is 23.6 Å². The number of nitrogens with zero attached hydrogens (tertiary/aromatic N) is 5. The van der Waals surface area contributed by atoms with Crippen LogP contribution in [0.4, 0.5) is 0 Å². The molecule has 114 valence electrons. The molecule has 1 saturated heterocycles. The number of imidazole rings is 1. The summed E-state index contributed by atoms with van der Waals surface area (Å²) in [6.45, 7) is 3.17. The van der Waals surface area contributed by atoms with Crippen LogP contribution >= 0.6 is 11.3 Å². The maximum Gasteiger partial charge on any atom is 0.231 e. The fourth-order valence-electron chi connectivity index (χ4n) is 2.80. The fourth-order valence-corrected chi connectivity index (χ4v) is 3.51. The van der Waals surface area contributed by atoms with Crippen molar-refractivity contribution >= 4 is 22.2 Å². The van der Waals surface area contributed by atoms with Gasteiger partial charge in [-0.25, -0.2) is 4.98 Å². The largest absolute Gasteiger partial charge is 0.342 e. The normalized spacial score (nSPS) is 18.4. The van der Waals surface area contributed by atoms with Crippen LogP contribution in [0.3, 0.4) is 0 Å². The number of hydrogen-bond donors (Lipinski definition) is 0. The highest BCUT2D eigenvalue weighted by Crippen LogP contribution is 2.26. The monoisotopic (exact) mass is 317 g/mol. The molecule has 3 aromatic heterocycles. The van der Waals surface area contributed by atoms with Crippen molar-refractivity contribution < 1.29 is 9.32 Å². The van der Waals surface area contributed by atoms with Crippen molar-refractivity contribution in [3.8, 4) is 0 Å². The number of carbonyl (C=O) groups is 1. The van der Waals surface area contributed by atoms with Crippen LogP contribution in [0.5, 0.6) is 0 Å². The summed E-state index contributed by atoms with van der Waals surface area (Å²) in [5, 5.41) is 5.79. The minimum atomic E-state index is 0.101. The van der Waals surface area contributed by atoms with Gasteiger partial charge in [0.1, 0.15) is 0 Å². The second-order valence-electron chi connectivity index (χ2n) is 5.51. The lowest BCUT2D eigenvalue weighted by molar-refractivity contribution is -0.129. The van der Waals surface area contributed by atoms with E-state index in [1.54, 1.807) is 18.3 Å². The maximum atomic E-state index is 12.4. The van der Waals surface area contributed by atoms with Crippen LogP contribution in [0, 0.1) is 6.92 Å². The molecule has 0 spiro atoms. The van der Waals surface area contributed by atoms with Crippen LogP contribution in [-0.4, -0.2) is 43.4 Å². The highest BCUT2D eigenvalue weighted by Gasteiger charge is 2.31. The Morgan fingerprint density at radius 3 is 3.18 bits per heavy atom. The first kappa shape index (κ1) is 13.4. The molecule has 1 fully saturated rings. The van der Waals surface area contributed by atoms with Crippen LogP contribution in [0.2, 0.25) is 0 Å². The predicted molar refractivity (Wildman–Crippen MR) is 79.7 cm³/mol. The molecule has 7 nitrogen and oxygen atoms in total. The third-order valence-electron chi connectivity index (χ3n) is 3.91. The van der Waals surface area contributed by atoms with Crippen molar-refractivity contribution in [1.82, 2.24) is 24.4 Å². The Morgan fingerprint density at radius 1 is 1.50 bits per heavy atom. The van der Waals surface area contributed by atoms with E-state index in [1.807, 2.05) is 27.1 Å². The summed E-state index contributed by atoms with van der Waals surface area (Å²) in [5.41, 5.74) is 0.814. The fraction of sp³-hybridized carbons (Fsp3) is 0.429. The van der Waals surface area contributed by atoms with E-state index in [-0.39, 0.29) is 11.8 Å². The standard InChI is InChI=1S/C14H15N5O2S/c1-9-15-13(21-17-9)10-2-3-18(7-10)12(20)6-11-8-19-4-5-22-14(19)16-11/h4-5,8,10H,2-3,6-7H2,1H3/t10-/m1/s1. The minimum Gasteiger partial charge on any atom is -0.342 e. The van der Waals surface area contributed by atoms with Crippen molar-refractivity contribution in [2.75, 3.05) is 13.1 Å². The predicted octanol–water partition coefficient (Wildman–Crippen LogP) is 1.65. The lowest BCUT2D eigenvalue weighted by Gasteiger charge is -2.14. The first-order valence-corrected chi connectivity index (χ1v) is 8.06. The zero-order valence-electron chi connectivity index (χ0n) is 12.1. The van der Waals surface area contributed by atoms with Crippen LogP contribution in [0.1, 0.15) is 29.7 Å². The highest BCUT2D eigenvalue weighted by atomic mass is 32.1. The van der Waals surface area contributed by atoms with Gasteiger partial charge in [-0.3, -0.25) is 9.20 Å². The summed E-state index contributed by atoms with van der Waals surface area (Å²) in [4.78, 5) is 23.9. The molecule has 4 rings (SSSR count). The van der Waals surface area contributed by atoms with Crippen LogP contribution in [0.25, 0.3) is 4.96 Å². The van der Waals surface area contributed by atoms with Crippen molar-refractivity contribution in [3.05, 3.63) is 35.2 Å².